The Morgan fingerprint density at radius 2 is 2.43 bits per heavy atom. The SMILES string of the molecule is CN1C(CO)CC[C@H]1c1cccnc1. The largest absolute Gasteiger partial charge is 0.395 e. The summed E-state index contributed by atoms with van der Waals surface area (Å²) < 4.78 is 0. The van der Waals surface area contributed by atoms with Crippen molar-refractivity contribution in [3.8, 4) is 0 Å². The number of pyridine rings is 1. The van der Waals surface area contributed by atoms with Gasteiger partial charge in [0.25, 0.3) is 0 Å². The molecular weight excluding hydrogens is 176 g/mol. The van der Waals surface area contributed by atoms with Crippen molar-refractivity contribution < 1.29 is 5.11 Å². The second-order valence-corrected chi connectivity index (χ2v) is 3.88. The number of aliphatic hydroxyl groups is 1. The molecule has 0 bridgehead atoms. The standard InChI is InChI=1S/C11H16N2O/c1-13-10(8-14)4-5-11(13)9-3-2-6-12-7-9/h2-3,6-7,10-11,14H,4-5,8H2,1H3/t10?,11-/m0/s1. The summed E-state index contributed by atoms with van der Waals surface area (Å²) in [5.41, 5.74) is 1.26. The number of nitrogens with zero attached hydrogens (tertiary/aromatic N) is 2. The molecule has 0 amide bonds. The van der Waals surface area contributed by atoms with E-state index in [1.165, 1.54) is 5.56 Å². The average Bonchev–Trinajstić information content (AvgIpc) is 2.61. The summed E-state index contributed by atoms with van der Waals surface area (Å²) in [4.78, 5) is 6.37. The zero-order valence-electron chi connectivity index (χ0n) is 8.43. The summed E-state index contributed by atoms with van der Waals surface area (Å²) in [5, 5.41) is 9.14. The van der Waals surface area contributed by atoms with Gasteiger partial charge >= 0.3 is 0 Å². The first-order valence-electron chi connectivity index (χ1n) is 5.05. The van der Waals surface area contributed by atoms with E-state index in [9.17, 15) is 0 Å². The molecule has 0 saturated carbocycles. The lowest BCUT2D eigenvalue weighted by atomic mass is 10.1. The number of aliphatic hydroxyl groups excluding tert-OH is 1. The lowest BCUT2D eigenvalue weighted by Gasteiger charge is -2.24. The molecule has 3 nitrogen and oxygen atoms in total. The van der Waals surface area contributed by atoms with Gasteiger partial charge in [0, 0.05) is 24.5 Å². The molecule has 0 radical (unpaired) electrons. The highest BCUT2D eigenvalue weighted by molar-refractivity contribution is 5.15. The van der Waals surface area contributed by atoms with Crippen LogP contribution in [-0.2, 0) is 0 Å². The topological polar surface area (TPSA) is 36.4 Å². The van der Waals surface area contributed by atoms with E-state index in [4.69, 9.17) is 5.11 Å². The molecule has 3 heteroatoms. The Morgan fingerprint density at radius 1 is 1.57 bits per heavy atom. The Bertz CT molecular complexity index is 289. The zero-order valence-corrected chi connectivity index (χ0v) is 8.43. The van der Waals surface area contributed by atoms with Crippen LogP contribution in [0.2, 0.25) is 0 Å². The van der Waals surface area contributed by atoms with Crippen molar-refractivity contribution in [1.82, 2.24) is 9.88 Å². The van der Waals surface area contributed by atoms with Gasteiger partial charge in [-0.15, -0.1) is 0 Å². The van der Waals surface area contributed by atoms with Crippen LogP contribution < -0.4 is 0 Å². The third-order valence-corrected chi connectivity index (χ3v) is 3.12. The van der Waals surface area contributed by atoms with E-state index >= 15 is 0 Å². The van der Waals surface area contributed by atoms with Gasteiger partial charge in [0.1, 0.15) is 0 Å². The summed E-state index contributed by atoms with van der Waals surface area (Å²) >= 11 is 0. The molecule has 1 aliphatic rings. The molecule has 1 fully saturated rings. The van der Waals surface area contributed by atoms with Gasteiger partial charge in [-0.3, -0.25) is 9.88 Å². The van der Waals surface area contributed by atoms with Crippen molar-refractivity contribution in [2.75, 3.05) is 13.7 Å². The Hall–Kier alpha value is -0.930. The van der Waals surface area contributed by atoms with E-state index in [2.05, 4.69) is 23.0 Å². The van der Waals surface area contributed by atoms with Crippen LogP contribution in [0.4, 0.5) is 0 Å². The molecule has 1 aromatic heterocycles. The van der Waals surface area contributed by atoms with Crippen molar-refractivity contribution >= 4 is 0 Å². The minimum Gasteiger partial charge on any atom is -0.395 e. The predicted molar refractivity (Wildman–Crippen MR) is 54.8 cm³/mol. The van der Waals surface area contributed by atoms with Crippen LogP contribution in [0, 0.1) is 0 Å². The Morgan fingerprint density at radius 3 is 3.00 bits per heavy atom. The minimum atomic E-state index is 0.257. The van der Waals surface area contributed by atoms with Crippen molar-refractivity contribution in [1.29, 1.82) is 0 Å². The van der Waals surface area contributed by atoms with Crippen LogP contribution in [0.1, 0.15) is 24.4 Å². The molecule has 76 valence electrons. The maximum absolute atomic E-state index is 9.14. The van der Waals surface area contributed by atoms with Crippen LogP contribution in [-0.4, -0.2) is 34.7 Å². The van der Waals surface area contributed by atoms with Gasteiger partial charge in [0.2, 0.25) is 0 Å². The number of likely N-dealkylation sites (tertiary alicyclic amines) is 1. The smallest absolute Gasteiger partial charge is 0.0586 e. The van der Waals surface area contributed by atoms with Gasteiger partial charge in [-0.05, 0) is 31.5 Å². The normalized spacial score (nSPS) is 28.1. The molecule has 0 spiro atoms. The van der Waals surface area contributed by atoms with Crippen molar-refractivity contribution in [2.24, 2.45) is 0 Å². The second-order valence-electron chi connectivity index (χ2n) is 3.88. The fourth-order valence-corrected chi connectivity index (χ4v) is 2.21. The van der Waals surface area contributed by atoms with Crippen molar-refractivity contribution in [3.05, 3.63) is 30.1 Å². The summed E-state index contributed by atoms with van der Waals surface area (Å²) in [5.74, 6) is 0. The third-order valence-electron chi connectivity index (χ3n) is 3.12. The molecule has 2 atom stereocenters. The fourth-order valence-electron chi connectivity index (χ4n) is 2.21. The Balaban J connectivity index is 2.14. The first-order valence-corrected chi connectivity index (χ1v) is 5.05. The van der Waals surface area contributed by atoms with Crippen LogP contribution >= 0.6 is 0 Å². The van der Waals surface area contributed by atoms with E-state index in [0.29, 0.717) is 12.1 Å². The van der Waals surface area contributed by atoms with Gasteiger partial charge in [-0.2, -0.15) is 0 Å². The molecular formula is C11H16N2O. The van der Waals surface area contributed by atoms with Crippen molar-refractivity contribution in [2.45, 2.75) is 24.9 Å². The van der Waals surface area contributed by atoms with Crippen LogP contribution in [0.3, 0.4) is 0 Å². The molecule has 1 aliphatic heterocycles. The molecule has 1 aromatic rings. The van der Waals surface area contributed by atoms with Crippen LogP contribution in [0.15, 0.2) is 24.5 Å². The molecule has 1 unspecified atom stereocenters. The summed E-state index contributed by atoms with van der Waals surface area (Å²) in [6.45, 7) is 0.257. The van der Waals surface area contributed by atoms with E-state index < -0.39 is 0 Å². The van der Waals surface area contributed by atoms with Gasteiger partial charge in [0.05, 0.1) is 6.61 Å². The third kappa shape index (κ3) is 1.65. The van der Waals surface area contributed by atoms with E-state index in [1.807, 2.05) is 12.3 Å². The fraction of sp³-hybridized carbons (Fsp3) is 0.545. The molecule has 2 rings (SSSR count). The molecule has 1 saturated heterocycles. The second kappa shape index (κ2) is 4.07. The number of hydrogen-bond acceptors (Lipinski definition) is 3. The van der Waals surface area contributed by atoms with Crippen LogP contribution in [0.5, 0.6) is 0 Å². The maximum Gasteiger partial charge on any atom is 0.0586 e. The summed E-state index contributed by atoms with van der Waals surface area (Å²) in [6, 6.07) is 4.82. The van der Waals surface area contributed by atoms with Gasteiger partial charge in [0.15, 0.2) is 0 Å². The van der Waals surface area contributed by atoms with Crippen molar-refractivity contribution in [3.63, 3.8) is 0 Å². The van der Waals surface area contributed by atoms with E-state index in [0.717, 1.165) is 12.8 Å². The minimum absolute atomic E-state index is 0.257. The molecule has 0 aliphatic carbocycles. The molecule has 1 N–H and O–H groups in total. The lowest BCUT2D eigenvalue weighted by Crippen LogP contribution is -2.30. The number of rotatable bonds is 2. The van der Waals surface area contributed by atoms with Gasteiger partial charge in [-0.1, -0.05) is 6.07 Å². The number of hydrogen-bond donors (Lipinski definition) is 1. The first-order chi connectivity index (χ1) is 6.83. The van der Waals surface area contributed by atoms with E-state index in [1.54, 1.807) is 6.20 Å². The molecule has 0 aromatic carbocycles. The monoisotopic (exact) mass is 192 g/mol. The highest BCUT2D eigenvalue weighted by atomic mass is 16.3. The van der Waals surface area contributed by atoms with Gasteiger partial charge in [-0.25, -0.2) is 0 Å². The molecule has 2 heterocycles. The number of likely N-dealkylation sites (N-methyl/N-ethyl adjacent to an activating group) is 1. The lowest BCUT2D eigenvalue weighted by molar-refractivity contribution is 0.156. The van der Waals surface area contributed by atoms with Gasteiger partial charge < -0.3 is 5.11 Å². The average molecular weight is 192 g/mol. The van der Waals surface area contributed by atoms with Crippen LogP contribution in [0.25, 0.3) is 0 Å². The Kier molecular flexibility index (Phi) is 2.79. The maximum atomic E-state index is 9.14. The highest BCUT2D eigenvalue weighted by Gasteiger charge is 2.30. The predicted octanol–water partition coefficient (Wildman–Crippen LogP) is 1.21. The highest BCUT2D eigenvalue weighted by Crippen LogP contribution is 2.33. The quantitative estimate of drug-likeness (QED) is 0.765. The molecule has 14 heavy (non-hydrogen) atoms. The first kappa shape index (κ1) is 9.62. The summed E-state index contributed by atoms with van der Waals surface area (Å²) in [7, 11) is 2.07. The zero-order chi connectivity index (χ0) is 9.97. The Labute approximate surface area is 84.4 Å². The van der Waals surface area contributed by atoms with E-state index in [-0.39, 0.29) is 6.61 Å². The number of aromatic nitrogens is 1. The summed E-state index contributed by atoms with van der Waals surface area (Å²) in [6.07, 6.45) is 5.91.